The summed E-state index contributed by atoms with van der Waals surface area (Å²) >= 11 is 1.34. The van der Waals surface area contributed by atoms with Crippen molar-refractivity contribution in [2.75, 3.05) is 5.73 Å². The number of carbonyl (C=O) groups is 1. The third-order valence-corrected chi connectivity index (χ3v) is 4.28. The monoisotopic (exact) mass is 371 g/mol. The molecule has 2 aromatic carbocycles. The Morgan fingerprint density at radius 2 is 2.19 bits per heavy atom. The maximum Gasteiger partial charge on any atom is 0.311 e. The Morgan fingerprint density at radius 1 is 1.38 bits per heavy atom. The number of hydrogen-bond acceptors (Lipinski definition) is 8. The highest BCUT2D eigenvalue weighted by molar-refractivity contribution is 7.22. The molecular formula is C16H13N5O4S. The Bertz CT molecular complexity index is 1030. The van der Waals surface area contributed by atoms with E-state index in [1.165, 1.54) is 29.7 Å². The minimum absolute atomic E-state index is 0.112. The quantitative estimate of drug-likeness (QED) is 0.356. The molecule has 10 heteroatoms. The van der Waals surface area contributed by atoms with Crippen molar-refractivity contribution in [3.05, 3.63) is 57.6 Å². The molecule has 0 aliphatic rings. The van der Waals surface area contributed by atoms with Crippen LogP contribution in [0.15, 0.2) is 41.5 Å². The van der Waals surface area contributed by atoms with Crippen LogP contribution in [0, 0.1) is 10.1 Å². The number of amides is 1. The zero-order valence-electron chi connectivity index (χ0n) is 13.2. The third-order valence-electron chi connectivity index (χ3n) is 3.43. The number of thiazole rings is 1. The van der Waals surface area contributed by atoms with Gasteiger partial charge in [-0.25, -0.2) is 10.4 Å². The predicted molar refractivity (Wildman–Crippen MR) is 98.2 cm³/mol. The van der Waals surface area contributed by atoms with Crippen LogP contribution in [-0.4, -0.2) is 27.1 Å². The number of hydrogen-bond donors (Lipinski definition) is 3. The van der Waals surface area contributed by atoms with Gasteiger partial charge >= 0.3 is 5.69 Å². The largest absolute Gasteiger partial charge is 0.502 e. The average molecular weight is 371 g/mol. The van der Waals surface area contributed by atoms with Gasteiger partial charge in [0.05, 0.1) is 27.8 Å². The fraction of sp³-hybridized carbons (Fsp3) is 0.0625. The average Bonchev–Trinajstić information content (AvgIpc) is 2.95. The van der Waals surface area contributed by atoms with E-state index in [-0.39, 0.29) is 12.3 Å². The van der Waals surface area contributed by atoms with Crippen molar-refractivity contribution in [2.24, 2.45) is 5.10 Å². The molecule has 1 heterocycles. The standard InChI is InChI=1S/C16H13N5O4S/c17-16-19-11-3-1-9(6-14(11)26-16)7-15(23)20-18-8-10-2-4-13(22)12(5-10)21(24)25/h1-6,8,22H,7H2,(H2,17,19)(H,20,23)/b18-8-. The number of anilines is 1. The van der Waals surface area contributed by atoms with E-state index in [9.17, 15) is 20.0 Å². The maximum atomic E-state index is 12.0. The van der Waals surface area contributed by atoms with Crippen molar-refractivity contribution in [1.29, 1.82) is 0 Å². The molecule has 132 valence electrons. The molecule has 0 radical (unpaired) electrons. The van der Waals surface area contributed by atoms with Crippen LogP contribution >= 0.6 is 11.3 Å². The van der Waals surface area contributed by atoms with Crippen LogP contribution in [0.3, 0.4) is 0 Å². The second-order valence-electron chi connectivity index (χ2n) is 5.33. The first-order chi connectivity index (χ1) is 12.4. The zero-order chi connectivity index (χ0) is 18.7. The number of fused-ring (bicyclic) bond motifs is 1. The molecule has 4 N–H and O–H groups in total. The summed E-state index contributed by atoms with van der Waals surface area (Å²) in [6.45, 7) is 0. The first-order valence-corrected chi connectivity index (χ1v) is 8.18. The lowest BCUT2D eigenvalue weighted by molar-refractivity contribution is -0.385. The number of nitrogen functional groups attached to an aromatic ring is 1. The molecule has 0 unspecified atom stereocenters. The van der Waals surface area contributed by atoms with Gasteiger partial charge in [0.25, 0.3) is 0 Å². The molecule has 26 heavy (non-hydrogen) atoms. The molecule has 1 aromatic heterocycles. The zero-order valence-corrected chi connectivity index (χ0v) is 14.1. The summed E-state index contributed by atoms with van der Waals surface area (Å²) in [6.07, 6.45) is 1.37. The van der Waals surface area contributed by atoms with Crippen LogP contribution in [0.2, 0.25) is 0 Å². The number of phenols is 1. The summed E-state index contributed by atoms with van der Waals surface area (Å²) < 4.78 is 0.896. The van der Waals surface area contributed by atoms with Crippen molar-refractivity contribution < 1.29 is 14.8 Å². The van der Waals surface area contributed by atoms with E-state index < -0.39 is 16.4 Å². The Balaban J connectivity index is 1.63. The number of nitrogens with zero attached hydrogens (tertiary/aromatic N) is 3. The van der Waals surface area contributed by atoms with E-state index >= 15 is 0 Å². The number of nitrogens with one attached hydrogen (secondary N) is 1. The van der Waals surface area contributed by atoms with Crippen LogP contribution in [0.5, 0.6) is 5.75 Å². The number of benzene rings is 2. The van der Waals surface area contributed by atoms with Gasteiger partial charge in [0, 0.05) is 11.6 Å². The molecule has 0 saturated carbocycles. The SMILES string of the molecule is Nc1nc2ccc(CC(=O)N/N=C\c3ccc(O)c([N+](=O)[O-])c3)cc2s1. The fourth-order valence-electron chi connectivity index (χ4n) is 2.27. The molecule has 0 aliphatic carbocycles. The van der Waals surface area contributed by atoms with Crippen molar-refractivity contribution in [2.45, 2.75) is 6.42 Å². The van der Waals surface area contributed by atoms with Crippen molar-refractivity contribution in [3.63, 3.8) is 0 Å². The summed E-state index contributed by atoms with van der Waals surface area (Å²) in [5.74, 6) is -0.776. The second-order valence-corrected chi connectivity index (χ2v) is 6.39. The van der Waals surface area contributed by atoms with Gasteiger partial charge in [-0.15, -0.1) is 0 Å². The van der Waals surface area contributed by atoms with E-state index in [4.69, 9.17) is 5.73 Å². The Hall–Kier alpha value is -3.53. The number of aromatic nitrogens is 1. The van der Waals surface area contributed by atoms with Crippen LogP contribution < -0.4 is 11.2 Å². The Kier molecular flexibility index (Phi) is 4.76. The summed E-state index contributed by atoms with van der Waals surface area (Å²) in [5, 5.41) is 24.4. The number of aromatic hydroxyl groups is 1. The number of phenolic OH excluding ortho intramolecular Hbond substituents is 1. The lowest BCUT2D eigenvalue weighted by atomic mass is 10.1. The van der Waals surface area contributed by atoms with Gasteiger partial charge < -0.3 is 10.8 Å². The summed E-state index contributed by atoms with van der Waals surface area (Å²) in [7, 11) is 0. The molecule has 1 amide bonds. The van der Waals surface area contributed by atoms with E-state index in [1.807, 2.05) is 6.07 Å². The molecule has 0 atom stereocenters. The van der Waals surface area contributed by atoms with E-state index in [2.05, 4.69) is 15.5 Å². The second kappa shape index (κ2) is 7.15. The van der Waals surface area contributed by atoms with Crippen LogP contribution in [-0.2, 0) is 11.2 Å². The van der Waals surface area contributed by atoms with E-state index in [0.717, 1.165) is 21.8 Å². The van der Waals surface area contributed by atoms with Crippen molar-refractivity contribution in [3.8, 4) is 5.75 Å². The number of nitro groups is 1. The lowest BCUT2D eigenvalue weighted by Gasteiger charge is -2.01. The molecule has 0 saturated heterocycles. The molecule has 9 nitrogen and oxygen atoms in total. The highest BCUT2D eigenvalue weighted by Gasteiger charge is 2.12. The van der Waals surface area contributed by atoms with Gasteiger partial charge in [-0.05, 0) is 29.8 Å². The van der Waals surface area contributed by atoms with Crippen LogP contribution in [0.4, 0.5) is 10.8 Å². The molecular weight excluding hydrogens is 358 g/mol. The first kappa shape index (κ1) is 17.3. The van der Waals surface area contributed by atoms with E-state index in [0.29, 0.717) is 10.7 Å². The number of nitrogens with two attached hydrogens (primary N) is 1. The summed E-state index contributed by atoms with van der Waals surface area (Å²) in [4.78, 5) is 26.2. The normalized spacial score (nSPS) is 11.1. The van der Waals surface area contributed by atoms with Gasteiger partial charge in [0.15, 0.2) is 10.9 Å². The molecule has 3 rings (SSSR count). The Morgan fingerprint density at radius 3 is 2.96 bits per heavy atom. The topological polar surface area (TPSA) is 144 Å². The lowest BCUT2D eigenvalue weighted by Crippen LogP contribution is -2.19. The minimum atomic E-state index is -0.701. The molecule has 0 aliphatic heterocycles. The predicted octanol–water partition coefficient (Wildman–Crippen LogP) is 2.19. The van der Waals surface area contributed by atoms with Gasteiger partial charge in [-0.3, -0.25) is 14.9 Å². The first-order valence-electron chi connectivity index (χ1n) is 7.36. The van der Waals surface area contributed by atoms with Gasteiger partial charge in [-0.2, -0.15) is 5.10 Å². The highest BCUT2D eigenvalue weighted by Crippen LogP contribution is 2.26. The fourth-order valence-corrected chi connectivity index (χ4v) is 3.07. The van der Waals surface area contributed by atoms with Gasteiger partial charge in [0.2, 0.25) is 5.91 Å². The number of carbonyl (C=O) groups excluding carboxylic acids is 1. The number of rotatable bonds is 5. The van der Waals surface area contributed by atoms with Crippen LogP contribution in [0.1, 0.15) is 11.1 Å². The summed E-state index contributed by atoms with van der Waals surface area (Å²) in [5.41, 5.74) is 9.52. The smallest absolute Gasteiger partial charge is 0.311 e. The maximum absolute atomic E-state index is 12.0. The minimum Gasteiger partial charge on any atom is -0.502 e. The third kappa shape index (κ3) is 3.92. The number of hydrazone groups is 1. The van der Waals surface area contributed by atoms with Crippen molar-refractivity contribution >= 4 is 44.5 Å². The molecule has 0 spiro atoms. The molecule has 0 bridgehead atoms. The Labute approximate surface area is 150 Å². The van der Waals surface area contributed by atoms with Crippen molar-refractivity contribution in [1.82, 2.24) is 10.4 Å². The molecule has 3 aromatic rings. The van der Waals surface area contributed by atoms with Gasteiger partial charge in [0.1, 0.15) is 0 Å². The van der Waals surface area contributed by atoms with E-state index in [1.54, 1.807) is 12.1 Å². The van der Waals surface area contributed by atoms with Gasteiger partial charge in [-0.1, -0.05) is 17.4 Å². The van der Waals surface area contributed by atoms with Crippen LogP contribution in [0.25, 0.3) is 10.2 Å². The summed E-state index contributed by atoms with van der Waals surface area (Å²) in [6, 6.07) is 9.22. The highest BCUT2D eigenvalue weighted by atomic mass is 32.1. The number of nitro benzene ring substituents is 1. The molecule has 0 fully saturated rings.